The molecule has 0 aliphatic carbocycles. The van der Waals surface area contributed by atoms with Gasteiger partial charge in [-0.25, -0.2) is 4.79 Å². The summed E-state index contributed by atoms with van der Waals surface area (Å²) in [5, 5.41) is 10.9. The van der Waals surface area contributed by atoms with Gasteiger partial charge in [0.15, 0.2) is 5.82 Å². The van der Waals surface area contributed by atoms with Crippen molar-refractivity contribution >= 4 is 17.5 Å². The van der Waals surface area contributed by atoms with Crippen LogP contribution in [0.15, 0.2) is 42.6 Å². The number of likely N-dealkylation sites (N-methyl/N-ethyl adjacent to an activating group) is 1. The highest BCUT2D eigenvalue weighted by atomic mass is 16.2. The Bertz CT molecular complexity index is 699. The van der Waals surface area contributed by atoms with E-state index in [-0.39, 0.29) is 12.1 Å². The molecule has 1 aliphatic heterocycles. The first-order valence-electron chi connectivity index (χ1n) is 9.16. The van der Waals surface area contributed by atoms with Gasteiger partial charge in [0.1, 0.15) is 0 Å². The lowest BCUT2D eigenvalue weighted by molar-refractivity contribution is 0.196. The van der Waals surface area contributed by atoms with Crippen molar-refractivity contribution in [3.05, 3.63) is 42.6 Å². The Labute approximate surface area is 155 Å². The molecule has 1 atom stereocenters. The molecular formula is C19H28N6O. The number of para-hydroxylation sites is 1. The van der Waals surface area contributed by atoms with Gasteiger partial charge >= 0.3 is 6.03 Å². The van der Waals surface area contributed by atoms with Gasteiger partial charge in [0, 0.05) is 43.6 Å². The van der Waals surface area contributed by atoms with E-state index in [4.69, 9.17) is 0 Å². The molecule has 2 N–H and O–H groups in total. The van der Waals surface area contributed by atoms with Crippen LogP contribution in [0.3, 0.4) is 0 Å². The number of likely N-dealkylation sites (tertiary alicyclic amines) is 1. The Kier molecular flexibility index (Phi) is 6.12. The Hall–Kier alpha value is -2.54. The maximum atomic E-state index is 12.6. The van der Waals surface area contributed by atoms with Crippen LogP contribution < -0.4 is 10.6 Å². The Morgan fingerprint density at radius 2 is 2.08 bits per heavy atom. The molecule has 7 nitrogen and oxygen atoms in total. The Morgan fingerprint density at radius 3 is 2.85 bits per heavy atom. The molecule has 3 rings (SSSR count). The number of rotatable bonds is 6. The Balaban J connectivity index is 1.51. The maximum Gasteiger partial charge on any atom is 0.323 e. The molecule has 1 aromatic heterocycles. The summed E-state index contributed by atoms with van der Waals surface area (Å²) in [6.45, 7) is 3.19. The van der Waals surface area contributed by atoms with Gasteiger partial charge in [-0.2, -0.15) is 5.10 Å². The van der Waals surface area contributed by atoms with Crippen LogP contribution in [0.1, 0.15) is 12.8 Å². The number of benzene rings is 1. The molecule has 0 radical (unpaired) electrons. The maximum absolute atomic E-state index is 12.6. The van der Waals surface area contributed by atoms with Crippen molar-refractivity contribution in [1.29, 1.82) is 0 Å². The second-order valence-electron chi connectivity index (χ2n) is 6.99. The number of hydrogen-bond donors (Lipinski definition) is 2. The van der Waals surface area contributed by atoms with E-state index >= 15 is 0 Å². The predicted octanol–water partition coefficient (Wildman–Crippen LogP) is 2.55. The molecule has 1 fully saturated rings. The van der Waals surface area contributed by atoms with E-state index in [1.165, 1.54) is 0 Å². The van der Waals surface area contributed by atoms with Crippen LogP contribution in [0.25, 0.3) is 0 Å². The standard InChI is InChI=1S/C19H28N6O/c1-23(2)13-14-25-12-10-18(22-25)21-19(26)24-11-6-9-17(15-24)20-16-7-4-3-5-8-16/h3-5,7-8,10,12,17,20H,6,9,11,13-15H2,1-2H3,(H,21,22,26). The third-order valence-electron chi connectivity index (χ3n) is 4.51. The second kappa shape index (κ2) is 8.71. The zero-order chi connectivity index (χ0) is 18.4. The fourth-order valence-electron chi connectivity index (χ4n) is 3.09. The van der Waals surface area contributed by atoms with Gasteiger partial charge in [0.05, 0.1) is 6.54 Å². The van der Waals surface area contributed by atoms with E-state index in [9.17, 15) is 4.79 Å². The van der Waals surface area contributed by atoms with Crippen LogP contribution in [-0.4, -0.2) is 65.4 Å². The van der Waals surface area contributed by atoms with Crippen molar-refractivity contribution in [3.63, 3.8) is 0 Å². The first-order chi connectivity index (χ1) is 12.6. The van der Waals surface area contributed by atoms with Crippen LogP contribution in [0.4, 0.5) is 16.3 Å². The molecule has 0 saturated carbocycles. The van der Waals surface area contributed by atoms with Gasteiger partial charge in [0.2, 0.25) is 0 Å². The summed E-state index contributed by atoms with van der Waals surface area (Å²) < 4.78 is 1.85. The average molecular weight is 356 g/mol. The van der Waals surface area contributed by atoms with Crippen molar-refractivity contribution in [1.82, 2.24) is 19.6 Å². The van der Waals surface area contributed by atoms with Crippen LogP contribution in [-0.2, 0) is 6.54 Å². The highest BCUT2D eigenvalue weighted by Crippen LogP contribution is 2.17. The van der Waals surface area contributed by atoms with E-state index in [1.54, 1.807) is 0 Å². The molecular weight excluding hydrogens is 328 g/mol. The van der Waals surface area contributed by atoms with Crippen molar-refractivity contribution in [2.75, 3.05) is 44.4 Å². The molecule has 1 aromatic carbocycles. The summed E-state index contributed by atoms with van der Waals surface area (Å²) in [6.07, 6.45) is 3.96. The quantitative estimate of drug-likeness (QED) is 0.835. The number of nitrogens with zero attached hydrogens (tertiary/aromatic N) is 4. The summed E-state index contributed by atoms with van der Waals surface area (Å²) in [5.41, 5.74) is 1.10. The number of amides is 2. The summed E-state index contributed by atoms with van der Waals surface area (Å²) in [6, 6.07) is 12.2. The number of carbonyl (C=O) groups is 1. The van der Waals surface area contributed by atoms with E-state index < -0.39 is 0 Å². The summed E-state index contributed by atoms with van der Waals surface area (Å²) in [4.78, 5) is 16.5. The number of carbonyl (C=O) groups excluding carboxylic acids is 1. The third kappa shape index (κ3) is 5.23. The molecule has 140 valence electrons. The summed E-state index contributed by atoms with van der Waals surface area (Å²) in [5.74, 6) is 0.604. The average Bonchev–Trinajstić information content (AvgIpc) is 3.08. The molecule has 1 aliphatic rings. The predicted molar refractivity (Wildman–Crippen MR) is 104 cm³/mol. The fraction of sp³-hybridized carbons (Fsp3) is 0.474. The highest BCUT2D eigenvalue weighted by molar-refractivity contribution is 5.88. The number of urea groups is 1. The van der Waals surface area contributed by atoms with Crippen LogP contribution >= 0.6 is 0 Å². The number of hydrogen-bond acceptors (Lipinski definition) is 4. The molecule has 1 saturated heterocycles. The lowest BCUT2D eigenvalue weighted by Gasteiger charge is -2.33. The number of nitrogens with one attached hydrogen (secondary N) is 2. The largest absolute Gasteiger partial charge is 0.381 e. The zero-order valence-electron chi connectivity index (χ0n) is 15.6. The minimum absolute atomic E-state index is 0.0811. The fourth-order valence-corrected chi connectivity index (χ4v) is 3.09. The van der Waals surface area contributed by atoms with Gasteiger partial charge in [-0.05, 0) is 39.1 Å². The van der Waals surface area contributed by atoms with Crippen LogP contribution in [0, 0.1) is 0 Å². The summed E-state index contributed by atoms with van der Waals surface area (Å²) >= 11 is 0. The van der Waals surface area contributed by atoms with Gasteiger partial charge in [-0.3, -0.25) is 10.00 Å². The van der Waals surface area contributed by atoms with Gasteiger partial charge in [0.25, 0.3) is 0 Å². The first-order valence-corrected chi connectivity index (χ1v) is 9.16. The number of piperidine rings is 1. The van der Waals surface area contributed by atoms with E-state index in [0.29, 0.717) is 12.4 Å². The van der Waals surface area contributed by atoms with Crippen LogP contribution in [0.2, 0.25) is 0 Å². The molecule has 1 unspecified atom stereocenters. The van der Waals surface area contributed by atoms with Gasteiger partial charge < -0.3 is 15.1 Å². The molecule has 2 amide bonds. The van der Waals surface area contributed by atoms with Crippen LogP contribution in [0.5, 0.6) is 0 Å². The highest BCUT2D eigenvalue weighted by Gasteiger charge is 2.24. The Morgan fingerprint density at radius 1 is 1.27 bits per heavy atom. The monoisotopic (exact) mass is 356 g/mol. The minimum atomic E-state index is -0.0811. The molecule has 2 aromatic rings. The van der Waals surface area contributed by atoms with Crippen molar-refractivity contribution in [3.8, 4) is 0 Å². The first kappa shape index (κ1) is 18.3. The number of anilines is 2. The normalized spacial score (nSPS) is 17.3. The second-order valence-corrected chi connectivity index (χ2v) is 6.99. The summed E-state index contributed by atoms with van der Waals surface area (Å²) in [7, 11) is 4.06. The van der Waals surface area contributed by atoms with E-state index in [1.807, 2.05) is 54.1 Å². The molecule has 7 heteroatoms. The SMILES string of the molecule is CN(C)CCn1ccc(NC(=O)N2CCCC(Nc3ccccc3)C2)n1. The molecule has 2 heterocycles. The lowest BCUT2D eigenvalue weighted by Crippen LogP contribution is -2.46. The smallest absolute Gasteiger partial charge is 0.323 e. The van der Waals surface area contributed by atoms with E-state index in [0.717, 1.165) is 38.2 Å². The molecule has 0 spiro atoms. The molecule has 26 heavy (non-hydrogen) atoms. The van der Waals surface area contributed by atoms with E-state index in [2.05, 4.69) is 32.8 Å². The number of aromatic nitrogens is 2. The van der Waals surface area contributed by atoms with Crippen molar-refractivity contribution < 1.29 is 4.79 Å². The van der Waals surface area contributed by atoms with Crippen molar-refractivity contribution in [2.45, 2.75) is 25.4 Å². The van der Waals surface area contributed by atoms with Gasteiger partial charge in [-0.1, -0.05) is 18.2 Å². The topological polar surface area (TPSA) is 65.4 Å². The molecule has 0 bridgehead atoms. The van der Waals surface area contributed by atoms with Gasteiger partial charge in [-0.15, -0.1) is 0 Å². The lowest BCUT2D eigenvalue weighted by atomic mass is 10.1. The third-order valence-corrected chi connectivity index (χ3v) is 4.51. The zero-order valence-corrected chi connectivity index (χ0v) is 15.6. The minimum Gasteiger partial charge on any atom is -0.381 e. The van der Waals surface area contributed by atoms with Crippen molar-refractivity contribution in [2.24, 2.45) is 0 Å².